The lowest BCUT2D eigenvalue weighted by atomic mass is 10.1. The van der Waals surface area contributed by atoms with Gasteiger partial charge in [-0.1, -0.05) is 11.8 Å². The molecule has 4 rings (SSSR count). The maximum atomic E-state index is 12.7. The van der Waals surface area contributed by atoms with E-state index in [1.54, 1.807) is 13.2 Å². The summed E-state index contributed by atoms with van der Waals surface area (Å²) < 4.78 is 12.7. The summed E-state index contributed by atoms with van der Waals surface area (Å²) in [6.07, 6.45) is 3.85. The molecule has 10 heteroatoms. The molecule has 1 aliphatic carbocycles. The Bertz CT molecular complexity index is 1080. The number of amides is 1. The van der Waals surface area contributed by atoms with E-state index < -0.39 is 5.97 Å². The summed E-state index contributed by atoms with van der Waals surface area (Å²) in [4.78, 5) is 26.0. The molecule has 0 radical (unpaired) electrons. The molecule has 1 aliphatic rings. The van der Waals surface area contributed by atoms with Crippen molar-refractivity contribution in [3.8, 4) is 0 Å². The molecule has 0 spiro atoms. The Balaban J connectivity index is 1.45. The minimum atomic E-state index is -0.417. The molecular formula is C21H24N4O4S2. The molecule has 0 saturated heterocycles. The average Bonchev–Trinajstić information content (AvgIpc) is 3.17. The van der Waals surface area contributed by atoms with Gasteiger partial charge in [-0.25, -0.2) is 4.79 Å². The number of anilines is 1. The number of esters is 1. The van der Waals surface area contributed by atoms with Crippen LogP contribution in [0.4, 0.5) is 5.00 Å². The fourth-order valence-electron chi connectivity index (χ4n) is 3.21. The Hall–Kier alpha value is -2.59. The Morgan fingerprint density at radius 3 is 2.84 bits per heavy atom. The van der Waals surface area contributed by atoms with E-state index in [2.05, 4.69) is 15.5 Å². The second kappa shape index (κ2) is 9.27. The monoisotopic (exact) mass is 460 g/mol. The maximum Gasteiger partial charge on any atom is 0.341 e. The van der Waals surface area contributed by atoms with Crippen LogP contribution in [0.2, 0.25) is 0 Å². The largest absolute Gasteiger partial charge is 0.467 e. The fourth-order valence-corrected chi connectivity index (χ4v) is 5.02. The van der Waals surface area contributed by atoms with Gasteiger partial charge in [-0.15, -0.1) is 21.5 Å². The third kappa shape index (κ3) is 4.85. The first-order valence-corrected chi connectivity index (χ1v) is 11.9. The maximum absolute atomic E-state index is 12.7. The van der Waals surface area contributed by atoms with Gasteiger partial charge in [0.2, 0.25) is 5.91 Å². The molecule has 0 aromatic carbocycles. The van der Waals surface area contributed by atoms with E-state index in [1.165, 1.54) is 23.1 Å². The number of furan rings is 1. The van der Waals surface area contributed by atoms with E-state index in [9.17, 15) is 9.59 Å². The Morgan fingerprint density at radius 2 is 2.16 bits per heavy atom. The number of aromatic nitrogens is 3. The zero-order chi connectivity index (χ0) is 22.0. The topological polar surface area (TPSA) is 99.2 Å². The van der Waals surface area contributed by atoms with Crippen LogP contribution in [0.3, 0.4) is 0 Å². The lowest BCUT2D eigenvalue weighted by Gasteiger charge is -2.09. The Kier molecular flexibility index (Phi) is 6.47. The van der Waals surface area contributed by atoms with Crippen LogP contribution in [0.25, 0.3) is 0 Å². The second-order valence-corrected chi connectivity index (χ2v) is 9.49. The summed E-state index contributed by atoms with van der Waals surface area (Å²) in [6, 6.07) is 3.76. The molecule has 1 saturated carbocycles. The number of hydrogen-bond donors (Lipinski definition) is 1. The lowest BCUT2D eigenvalue weighted by Crippen LogP contribution is -2.17. The molecular weight excluding hydrogens is 436 g/mol. The summed E-state index contributed by atoms with van der Waals surface area (Å²) in [7, 11) is 0. The van der Waals surface area contributed by atoms with Crippen LogP contribution in [-0.2, 0) is 16.1 Å². The van der Waals surface area contributed by atoms with Crippen molar-refractivity contribution in [2.45, 2.75) is 51.2 Å². The molecule has 8 nitrogen and oxygen atoms in total. The number of thioether (sulfide) groups is 1. The highest BCUT2D eigenvalue weighted by Crippen LogP contribution is 2.40. The Morgan fingerprint density at radius 1 is 1.35 bits per heavy atom. The minimum Gasteiger partial charge on any atom is -0.467 e. The molecule has 1 amide bonds. The van der Waals surface area contributed by atoms with Crippen LogP contribution in [0.1, 0.15) is 58.1 Å². The molecule has 0 aliphatic heterocycles. The van der Waals surface area contributed by atoms with E-state index in [4.69, 9.17) is 9.15 Å². The normalized spacial score (nSPS) is 13.4. The van der Waals surface area contributed by atoms with E-state index >= 15 is 0 Å². The SMILES string of the molecule is CCOC(=O)c1c(NC(=O)CSc2nnc(C3CC3)n2Cc2ccco2)sc(C)c1C. The smallest absolute Gasteiger partial charge is 0.341 e. The van der Waals surface area contributed by atoms with Gasteiger partial charge in [0, 0.05) is 10.8 Å². The van der Waals surface area contributed by atoms with Crippen LogP contribution in [0, 0.1) is 13.8 Å². The number of aryl methyl sites for hydroxylation is 1. The Labute approximate surface area is 188 Å². The van der Waals surface area contributed by atoms with Gasteiger partial charge in [-0.2, -0.15) is 0 Å². The van der Waals surface area contributed by atoms with Gasteiger partial charge in [0.25, 0.3) is 0 Å². The molecule has 1 N–H and O–H groups in total. The fraction of sp³-hybridized carbons (Fsp3) is 0.429. The number of carbonyl (C=O) groups excluding carboxylic acids is 2. The zero-order valence-electron chi connectivity index (χ0n) is 17.6. The second-order valence-electron chi connectivity index (χ2n) is 7.33. The number of ether oxygens (including phenoxy) is 1. The van der Waals surface area contributed by atoms with Crippen LogP contribution >= 0.6 is 23.1 Å². The molecule has 3 aromatic rings. The van der Waals surface area contributed by atoms with E-state index in [0.717, 1.165) is 34.9 Å². The third-order valence-corrected chi connectivity index (χ3v) is 7.12. The first-order valence-electron chi connectivity index (χ1n) is 10.1. The number of hydrogen-bond acceptors (Lipinski definition) is 8. The van der Waals surface area contributed by atoms with Crippen molar-refractivity contribution in [3.05, 3.63) is 46.0 Å². The number of rotatable bonds is 9. The van der Waals surface area contributed by atoms with E-state index in [-0.39, 0.29) is 18.3 Å². The molecule has 164 valence electrons. The first-order chi connectivity index (χ1) is 15.0. The van der Waals surface area contributed by atoms with Crippen LogP contribution in [0.15, 0.2) is 28.0 Å². The van der Waals surface area contributed by atoms with Crippen LogP contribution < -0.4 is 5.32 Å². The van der Waals surface area contributed by atoms with Crippen molar-refractivity contribution in [2.24, 2.45) is 0 Å². The molecule has 3 heterocycles. The van der Waals surface area contributed by atoms with Crippen molar-refractivity contribution in [3.63, 3.8) is 0 Å². The number of carbonyl (C=O) groups is 2. The number of nitrogens with one attached hydrogen (secondary N) is 1. The minimum absolute atomic E-state index is 0.152. The predicted octanol–water partition coefficient (Wildman–Crippen LogP) is 4.38. The summed E-state index contributed by atoms with van der Waals surface area (Å²) in [5.41, 5.74) is 1.26. The van der Waals surface area contributed by atoms with Crippen molar-refractivity contribution in [1.82, 2.24) is 14.8 Å². The lowest BCUT2D eigenvalue weighted by molar-refractivity contribution is -0.113. The van der Waals surface area contributed by atoms with Crippen LogP contribution in [0.5, 0.6) is 0 Å². The van der Waals surface area contributed by atoms with Crippen molar-refractivity contribution in [1.29, 1.82) is 0 Å². The van der Waals surface area contributed by atoms with E-state index in [0.29, 0.717) is 28.2 Å². The summed E-state index contributed by atoms with van der Waals surface area (Å²) in [5.74, 6) is 1.70. The highest BCUT2D eigenvalue weighted by Gasteiger charge is 2.31. The number of thiophene rings is 1. The van der Waals surface area contributed by atoms with Gasteiger partial charge in [-0.3, -0.25) is 9.36 Å². The highest BCUT2D eigenvalue weighted by molar-refractivity contribution is 7.99. The van der Waals surface area contributed by atoms with E-state index in [1.807, 2.05) is 30.5 Å². The van der Waals surface area contributed by atoms with Crippen molar-refractivity contribution in [2.75, 3.05) is 17.7 Å². The van der Waals surface area contributed by atoms with Crippen LogP contribution in [-0.4, -0.2) is 39.0 Å². The third-order valence-electron chi connectivity index (χ3n) is 5.03. The van der Waals surface area contributed by atoms with Crippen molar-refractivity contribution >= 4 is 40.0 Å². The van der Waals surface area contributed by atoms with Gasteiger partial charge >= 0.3 is 5.97 Å². The quantitative estimate of drug-likeness (QED) is 0.374. The van der Waals surface area contributed by atoms with Gasteiger partial charge in [-0.05, 0) is 51.3 Å². The van der Waals surface area contributed by atoms with Gasteiger partial charge < -0.3 is 14.5 Å². The zero-order valence-corrected chi connectivity index (χ0v) is 19.3. The highest BCUT2D eigenvalue weighted by atomic mass is 32.2. The molecule has 3 aromatic heterocycles. The first kappa shape index (κ1) is 21.6. The average molecular weight is 461 g/mol. The standard InChI is InChI=1S/C21H24N4O4S2/c1-4-28-20(27)17-12(2)13(3)31-19(17)22-16(26)11-30-21-24-23-18(14-7-8-14)25(21)10-15-6-5-9-29-15/h5-6,9,14H,4,7-8,10-11H2,1-3H3,(H,22,26). The van der Waals surface area contributed by atoms with Gasteiger partial charge in [0.15, 0.2) is 5.16 Å². The number of nitrogens with zero attached hydrogens (tertiary/aromatic N) is 3. The molecule has 1 fully saturated rings. The predicted molar refractivity (Wildman–Crippen MR) is 119 cm³/mol. The molecule has 0 unspecified atom stereocenters. The molecule has 0 bridgehead atoms. The molecule has 0 atom stereocenters. The summed E-state index contributed by atoms with van der Waals surface area (Å²) >= 11 is 2.70. The summed E-state index contributed by atoms with van der Waals surface area (Å²) in [5, 5.41) is 12.7. The van der Waals surface area contributed by atoms with Crippen molar-refractivity contribution < 1.29 is 18.7 Å². The van der Waals surface area contributed by atoms with Gasteiger partial charge in [0.05, 0.1) is 30.7 Å². The molecule has 31 heavy (non-hydrogen) atoms. The summed E-state index contributed by atoms with van der Waals surface area (Å²) in [6.45, 7) is 6.36. The van der Waals surface area contributed by atoms with Gasteiger partial charge in [0.1, 0.15) is 16.6 Å².